The quantitative estimate of drug-likeness (QED) is 0.792. The number of nitrogens with zero attached hydrogens (tertiary/aromatic N) is 1. The maximum atomic E-state index is 12.3. The van der Waals surface area contributed by atoms with Gasteiger partial charge in [0.2, 0.25) is 15.9 Å². The SMILES string of the molecule is Cc1ccc(NC(=O)C(C)NC(=O)c2ccco2)cc1S(=O)(=O)N(C)C. The van der Waals surface area contributed by atoms with Crippen molar-refractivity contribution in [2.75, 3.05) is 19.4 Å². The van der Waals surface area contributed by atoms with Gasteiger partial charge in [-0.3, -0.25) is 9.59 Å². The summed E-state index contributed by atoms with van der Waals surface area (Å²) >= 11 is 0. The molecule has 9 heteroatoms. The maximum absolute atomic E-state index is 12.3. The minimum atomic E-state index is -3.63. The van der Waals surface area contributed by atoms with Gasteiger partial charge in [-0.1, -0.05) is 6.07 Å². The summed E-state index contributed by atoms with van der Waals surface area (Å²) in [5.74, 6) is -0.904. The third-order valence-electron chi connectivity index (χ3n) is 3.70. The van der Waals surface area contributed by atoms with Crippen LogP contribution in [-0.4, -0.2) is 44.7 Å². The molecular formula is C17H21N3O5S. The van der Waals surface area contributed by atoms with E-state index in [2.05, 4.69) is 10.6 Å². The van der Waals surface area contributed by atoms with E-state index in [9.17, 15) is 18.0 Å². The minimum absolute atomic E-state index is 0.0966. The molecule has 0 radical (unpaired) electrons. The average Bonchev–Trinajstić information content (AvgIpc) is 3.10. The van der Waals surface area contributed by atoms with E-state index in [1.165, 1.54) is 39.4 Å². The fourth-order valence-corrected chi connectivity index (χ4v) is 3.29. The summed E-state index contributed by atoms with van der Waals surface area (Å²) in [6, 6.07) is 6.81. The van der Waals surface area contributed by atoms with Crippen LogP contribution < -0.4 is 10.6 Å². The standard InChI is InChI=1S/C17H21N3O5S/c1-11-7-8-13(10-15(11)26(23,24)20(3)4)19-16(21)12(2)18-17(22)14-6-5-9-25-14/h5-10,12H,1-4H3,(H,18,22)(H,19,21). The molecule has 1 aromatic carbocycles. The van der Waals surface area contributed by atoms with Gasteiger partial charge in [0.15, 0.2) is 5.76 Å². The highest BCUT2D eigenvalue weighted by molar-refractivity contribution is 7.89. The molecule has 26 heavy (non-hydrogen) atoms. The fourth-order valence-electron chi connectivity index (χ4n) is 2.14. The Bertz CT molecular complexity index is 904. The van der Waals surface area contributed by atoms with E-state index in [4.69, 9.17) is 4.42 Å². The van der Waals surface area contributed by atoms with Gasteiger partial charge in [-0.25, -0.2) is 12.7 Å². The normalized spacial score (nSPS) is 12.7. The Morgan fingerprint density at radius 3 is 2.46 bits per heavy atom. The summed E-state index contributed by atoms with van der Waals surface area (Å²) in [6.45, 7) is 3.19. The maximum Gasteiger partial charge on any atom is 0.287 e. The molecule has 1 unspecified atom stereocenters. The number of carbonyl (C=O) groups excluding carboxylic acids is 2. The number of hydrogen-bond donors (Lipinski definition) is 2. The Labute approximate surface area is 152 Å². The number of benzene rings is 1. The molecule has 2 amide bonds. The molecule has 0 fully saturated rings. The van der Waals surface area contributed by atoms with Crippen LogP contribution in [0.4, 0.5) is 5.69 Å². The van der Waals surface area contributed by atoms with Gasteiger partial charge in [0.05, 0.1) is 11.2 Å². The average molecular weight is 379 g/mol. The Balaban J connectivity index is 2.13. The highest BCUT2D eigenvalue weighted by Gasteiger charge is 2.22. The number of nitrogens with one attached hydrogen (secondary N) is 2. The molecule has 0 saturated heterocycles. The molecule has 0 bridgehead atoms. The van der Waals surface area contributed by atoms with Crippen LogP contribution in [-0.2, 0) is 14.8 Å². The lowest BCUT2D eigenvalue weighted by molar-refractivity contribution is -0.117. The smallest absolute Gasteiger partial charge is 0.287 e. The molecule has 0 aliphatic rings. The number of rotatable bonds is 6. The first-order valence-electron chi connectivity index (χ1n) is 7.81. The molecule has 1 atom stereocenters. The summed E-state index contributed by atoms with van der Waals surface area (Å²) in [5.41, 5.74) is 0.885. The second-order valence-corrected chi connectivity index (χ2v) is 8.05. The van der Waals surface area contributed by atoms with Gasteiger partial charge < -0.3 is 15.1 Å². The van der Waals surface area contributed by atoms with Crippen LogP contribution in [0.25, 0.3) is 0 Å². The van der Waals surface area contributed by atoms with E-state index in [1.54, 1.807) is 25.1 Å². The number of aryl methyl sites for hydroxylation is 1. The second-order valence-electron chi connectivity index (χ2n) is 5.93. The van der Waals surface area contributed by atoms with Gasteiger partial charge in [-0.2, -0.15) is 0 Å². The molecule has 1 heterocycles. The van der Waals surface area contributed by atoms with Crippen LogP contribution in [0.1, 0.15) is 23.0 Å². The first-order valence-corrected chi connectivity index (χ1v) is 9.25. The van der Waals surface area contributed by atoms with Crippen LogP contribution in [0.2, 0.25) is 0 Å². The highest BCUT2D eigenvalue weighted by Crippen LogP contribution is 2.22. The lowest BCUT2D eigenvalue weighted by Crippen LogP contribution is -2.41. The number of hydrogen-bond acceptors (Lipinski definition) is 5. The predicted octanol–water partition coefficient (Wildman–Crippen LogP) is 1.60. The van der Waals surface area contributed by atoms with Crippen molar-refractivity contribution >= 4 is 27.5 Å². The second kappa shape index (κ2) is 7.71. The topological polar surface area (TPSA) is 109 Å². The monoisotopic (exact) mass is 379 g/mol. The predicted molar refractivity (Wildman–Crippen MR) is 96.3 cm³/mol. The number of sulfonamides is 1. The molecule has 2 rings (SSSR count). The molecule has 140 valence electrons. The zero-order valence-electron chi connectivity index (χ0n) is 14.9. The van der Waals surface area contributed by atoms with E-state index in [0.717, 1.165) is 4.31 Å². The van der Waals surface area contributed by atoms with Crippen LogP contribution in [0.15, 0.2) is 45.9 Å². The zero-order valence-corrected chi connectivity index (χ0v) is 15.8. The van der Waals surface area contributed by atoms with Crippen molar-refractivity contribution in [3.8, 4) is 0 Å². The van der Waals surface area contributed by atoms with Crippen LogP contribution >= 0.6 is 0 Å². The third-order valence-corrected chi connectivity index (χ3v) is 5.66. The first kappa shape index (κ1) is 19.7. The fraction of sp³-hybridized carbons (Fsp3) is 0.294. The molecule has 2 N–H and O–H groups in total. The molecular weight excluding hydrogens is 358 g/mol. The number of amides is 2. The van der Waals surface area contributed by atoms with Crippen LogP contribution in [0.3, 0.4) is 0 Å². The van der Waals surface area contributed by atoms with Crippen molar-refractivity contribution < 1.29 is 22.4 Å². The number of anilines is 1. The zero-order chi connectivity index (χ0) is 19.5. The van der Waals surface area contributed by atoms with Gasteiger partial charge in [0, 0.05) is 19.8 Å². The number of carbonyl (C=O) groups is 2. The third kappa shape index (κ3) is 4.30. The summed E-state index contributed by atoms with van der Waals surface area (Å²) in [7, 11) is -0.761. The van der Waals surface area contributed by atoms with Crippen molar-refractivity contribution in [3.63, 3.8) is 0 Å². The Morgan fingerprint density at radius 1 is 1.19 bits per heavy atom. The van der Waals surface area contributed by atoms with E-state index in [0.29, 0.717) is 11.3 Å². The summed E-state index contributed by atoms with van der Waals surface area (Å²) in [4.78, 5) is 24.3. The molecule has 0 spiro atoms. The lowest BCUT2D eigenvalue weighted by Gasteiger charge is -2.16. The van der Waals surface area contributed by atoms with E-state index < -0.39 is 27.9 Å². The van der Waals surface area contributed by atoms with Gasteiger partial charge >= 0.3 is 0 Å². The molecule has 0 aliphatic heterocycles. The minimum Gasteiger partial charge on any atom is -0.459 e. The Hall–Kier alpha value is -2.65. The van der Waals surface area contributed by atoms with E-state index in [1.807, 2.05) is 0 Å². The van der Waals surface area contributed by atoms with Crippen molar-refractivity contribution in [2.24, 2.45) is 0 Å². The molecule has 0 saturated carbocycles. The highest BCUT2D eigenvalue weighted by atomic mass is 32.2. The molecule has 1 aromatic heterocycles. The van der Waals surface area contributed by atoms with Crippen molar-refractivity contribution in [3.05, 3.63) is 47.9 Å². The molecule has 2 aromatic rings. The molecule has 0 aliphatic carbocycles. The van der Waals surface area contributed by atoms with Gasteiger partial charge in [0.25, 0.3) is 5.91 Å². The lowest BCUT2D eigenvalue weighted by atomic mass is 10.2. The van der Waals surface area contributed by atoms with E-state index >= 15 is 0 Å². The largest absolute Gasteiger partial charge is 0.459 e. The van der Waals surface area contributed by atoms with Gasteiger partial charge in [-0.05, 0) is 43.7 Å². The van der Waals surface area contributed by atoms with Crippen LogP contribution in [0.5, 0.6) is 0 Å². The van der Waals surface area contributed by atoms with E-state index in [-0.39, 0.29) is 10.7 Å². The Morgan fingerprint density at radius 2 is 1.88 bits per heavy atom. The van der Waals surface area contributed by atoms with Gasteiger partial charge in [0.1, 0.15) is 6.04 Å². The first-order chi connectivity index (χ1) is 12.1. The van der Waals surface area contributed by atoms with Crippen molar-refractivity contribution in [2.45, 2.75) is 24.8 Å². The summed E-state index contributed by atoms with van der Waals surface area (Å²) < 4.78 is 30.8. The summed E-state index contributed by atoms with van der Waals surface area (Å²) in [6.07, 6.45) is 1.36. The number of furan rings is 1. The van der Waals surface area contributed by atoms with Crippen molar-refractivity contribution in [1.82, 2.24) is 9.62 Å². The van der Waals surface area contributed by atoms with Gasteiger partial charge in [-0.15, -0.1) is 0 Å². The van der Waals surface area contributed by atoms with Crippen molar-refractivity contribution in [1.29, 1.82) is 0 Å². The Kier molecular flexibility index (Phi) is 5.83. The molecule has 8 nitrogen and oxygen atoms in total. The summed E-state index contributed by atoms with van der Waals surface area (Å²) in [5, 5.41) is 5.11. The van der Waals surface area contributed by atoms with Crippen LogP contribution in [0, 0.1) is 6.92 Å².